The van der Waals surface area contributed by atoms with Gasteiger partial charge >= 0.3 is 5.51 Å². The maximum Gasteiger partial charge on any atom is 0.441 e. The van der Waals surface area contributed by atoms with Crippen LogP contribution >= 0.6 is 11.8 Å². The van der Waals surface area contributed by atoms with Crippen molar-refractivity contribution in [2.24, 2.45) is 0 Å². The van der Waals surface area contributed by atoms with Crippen molar-refractivity contribution < 1.29 is 22.7 Å². The van der Waals surface area contributed by atoms with Crippen LogP contribution in [0.15, 0.2) is 24.3 Å². The van der Waals surface area contributed by atoms with E-state index in [1.54, 1.807) is 24.3 Å². The molecule has 2 N–H and O–H groups in total. The molecule has 1 amide bonds. The number of rotatable bonds is 7. The third kappa shape index (κ3) is 7.25. The summed E-state index contributed by atoms with van der Waals surface area (Å²) in [5, 5.41) is 5.26. The van der Waals surface area contributed by atoms with Crippen molar-refractivity contribution in [3.8, 4) is 5.75 Å². The van der Waals surface area contributed by atoms with E-state index in [0.29, 0.717) is 11.4 Å². The first-order chi connectivity index (χ1) is 9.40. The fraction of sp³-hybridized carbons (Fsp3) is 0.417. The zero-order chi connectivity index (χ0) is 15.0. The summed E-state index contributed by atoms with van der Waals surface area (Å²) < 4.78 is 40.5. The summed E-state index contributed by atoms with van der Waals surface area (Å²) >= 11 is -0.115. The van der Waals surface area contributed by atoms with Gasteiger partial charge in [0.15, 0.2) is 0 Å². The molecule has 0 heterocycles. The molecule has 0 radical (unpaired) electrons. The molecule has 0 bridgehead atoms. The average Bonchev–Trinajstić information content (AvgIpc) is 2.38. The largest absolute Gasteiger partial charge is 0.497 e. The highest BCUT2D eigenvalue weighted by Gasteiger charge is 2.27. The lowest BCUT2D eigenvalue weighted by atomic mass is 10.3. The van der Waals surface area contributed by atoms with Crippen LogP contribution in [0.4, 0.5) is 18.9 Å². The second kappa shape index (κ2) is 8.01. The minimum absolute atomic E-state index is 0.0373. The first-order valence-electron chi connectivity index (χ1n) is 5.76. The summed E-state index contributed by atoms with van der Waals surface area (Å²) in [6.07, 6.45) is 0. The molecule has 20 heavy (non-hydrogen) atoms. The molecule has 8 heteroatoms. The van der Waals surface area contributed by atoms with E-state index in [-0.39, 0.29) is 36.5 Å². The third-order valence-electron chi connectivity index (χ3n) is 2.20. The molecule has 0 aliphatic heterocycles. The zero-order valence-corrected chi connectivity index (χ0v) is 11.6. The van der Waals surface area contributed by atoms with Crippen LogP contribution in [0.25, 0.3) is 0 Å². The van der Waals surface area contributed by atoms with Gasteiger partial charge in [-0.3, -0.25) is 4.79 Å². The molecule has 0 aliphatic carbocycles. The molecule has 1 aromatic carbocycles. The Morgan fingerprint density at radius 1 is 1.30 bits per heavy atom. The number of anilines is 1. The number of methoxy groups -OCH3 is 1. The number of benzene rings is 1. The molecule has 1 rings (SSSR count). The smallest absolute Gasteiger partial charge is 0.441 e. The molecule has 0 spiro atoms. The van der Waals surface area contributed by atoms with Gasteiger partial charge in [-0.25, -0.2) is 0 Å². The van der Waals surface area contributed by atoms with E-state index in [1.807, 2.05) is 0 Å². The topological polar surface area (TPSA) is 50.4 Å². The van der Waals surface area contributed by atoms with Gasteiger partial charge in [0.2, 0.25) is 5.91 Å². The standard InChI is InChI=1S/C12H15F3N2O2S/c1-19-10-4-2-9(3-5-10)17-11(18)8-16-6-7-20-12(13,14)15/h2-5,16H,6-8H2,1H3,(H,17,18). The second-order valence-electron chi connectivity index (χ2n) is 3.75. The maximum atomic E-state index is 11.8. The quantitative estimate of drug-likeness (QED) is 0.760. The van der Waals surface area contributed by atoms with E-state index in [0.717, 1.165) is 0 Å². The van der Waals surface area contributed by atoms with Crippen molar-refractivity contribution in [1.29, 1.82) is 0 Å². The van der Waals surface area contributed by atoms with Gasteiger partial charge in [-0.05, 0) is 36.0 Å². The second-order valence-corrected chi connectivity index (χ2v) is 4.91. The molecule has 0 unspecified atom stereocenters. The number of thioether (sulfide) groups is 1. The Balaban J connectivity index is 2.19. The Labute approximate surface area is 119 Å². The Morgan fingerprint density at radius 3 is 2.50 bits per heavy atom. The van der Waals surface area contributed by atoms with Crippen molar-refractivity contribution in [1.82, 2.24) is 5.32 Å². The number of halogens is 3. The molecule has 1 aromatic rings. The molecule has 0 aliphatic rings. The molecular formula is C12H15F3N2O2S. The Bertz CT molecular complexity index is 424. The molecule has 112 valence electrons. The third-order valence-corrected chi connectivity index (χ3v) is 2.94. The average molecular weight is 308 g/mol. The number of ether oxygens (including phenoxy) is 1. The van der Waals surface area contributed by atoms with E-state index in [4.69, 9.17) is 4.74 Å². The van der Waals surface area contributed by atoms with Crippen LogP contribution in [0, 0.1) is 0 Å². The van der Waals surface area contributed by atoms with Gasteiger partial charge in [-0.1, -0.05) is 0 Å². The van der Waals surface area contributed by atoms with Crippen LogP contribution in [0.2, 0.25) is 0 Å². The Hall–Kier alpha value is -1.41. The van der Waals surface area contributed by atoms with Crippen molar-refractivity contribution in [3.05, 3.63) is 24.3 Å². The van der Waals surface area contributed by atoms with Crippen LogP contribution in [-0.2, 0) is 4.79 Å². The van der Waals surface area contributed by atoms with Crippen LogP contribution in [0.3, 0.4) is 0 Å². The maximum absolute atomic E-state index is 11.8. The summed E-state index contributed by atoms with van der Waals surface area (Å²) in [6, 6.07) is 6.75. The number of carbonyl (C=O) groups is 1. The minimum Gasteiger partial charge on any atom is -0.497 e. The first kappa shape index (κ1) is 16.6. The Kier molecular flexibility index (Phi) is 6.66. The fourth-order valence-electron chi connectivity index (χ4n) is 1.32. The monoisotopic (exact) mass is 308 g/mol. The van der Waals surface area contributed by atoms with Crippen LogP contribution < -0.4 is 15.4 Å². The lowest BCUT2D eigenvalue weighted by Gasteiger charge is -2.08. The minimum atomic E-state index is -4.23. The highest BCUT2D eigenvalue weighted by molar-refractivity contribution is 8.00. The molecule has 0 aromatic heterocycles. The van der Waals surface area contributed by atoms with Gasteiger partial charge < -0.3 is 15.4 Å². The van der Waals surface area contributed by atoms with Crippen LogP contribution in [-0.4, -0.2) is 37.4 Å². The van der Waals surface area contributed by atoms with Crippen molar-refractivity contribution in [2.75, 3.05) is 31.3 Å². The SMILES string of the molecule is COc1ccc(NC(=O)CNCCSC(F)(F)F)cc1. The number of nitrogens with one attached hydrogen (secondary N) is 2. The number of carbonyl (C=O) groups excluding carboxylic acids is 1. The van der Waals surface area contributed by atoms with Crippen LogP contribution in [0.5, 0.6) is 5.75 Å². The zero-order valence-electron chi connectivity index (χ0n) is 10.8. The summed E-state index contributed by atoms with van der Waals surface area (Å²) in [4.78, 5) is 11.5. The Morgan fingerprint density at radius 2 is 1.95 bits per heavy atom. The van der Waals surface area contributed by atoms with E-state index >= 15 is 0 Å². The molecule has 0 atom stereocenters. The lowest BCUT2D eigenvalue weighted by Crippen LogP contribution is -2.30. The number of hydrogen-bond acceptors (Lipinski definition) is 4. The first-order valence-corrected chi connectivity index (χ1v) is 6.74. The summed E-state index contributed by atoms with van der Waals surface area (Å²) in [6.45, 7) is 0.0741. The summed E-state index contributed by atoms with van der Waals surface area (Å²) in [5.41, 5.74) is -3.63. The van der Waals surface area contributed by atoms with Crippen molar-refractivity contribution in [3.63, 3.8) is 0 Å². The van der Waals surface area contributed by atoms with Crippen LogP contribution in [0.1, 0.15) is 0 Å². The van der Waals surface area contributed by atoms with Gasteiger partial charge in [-0.15, -0.1) is 0 Å². The predicted molar refractivity (Wildman–Crippen MR) is 73.0 cm³/mol. The molecular weight excluding hydrogens is 293 g/mol. The lowest BCUT2D eigenvalue weighted by molar-refractivity contribution is -0.115. The normalized spacial score (nSPS) is 11.2. The molecule has 0 saturated carbocycles. The summed E-state index contributed by atoms with van der Waals surface area (Å²) in [5.74, 6) is 0.233. The molecule has 0 fully saturated rings. The van der Waals surface area contributed by atoms with Gasteiger partial charge in [0.25, 0.3) is 0 Å². The van der Waals surface area contributed by atoms with Crippen molar-refractivity contribution >= 4 is 23.4 Å². The fourth-order valence-corrected chi connectivity index (χ4v) is 1.80. The van der Waals surface area contributed by atoms with Gasteiger partial charge in [0, 0.05) is 18.0 Å². The van der Waals surface area contributed by atoms with Gasteiger partial charge in [0.05, 0.1) is 13.7 Å². The predicted octanol–water partition coefficient (Wildman–Crippen LogP) is 2.48. The van der Waals surface area contributed by atoms with Gasteiger partial charge in [0.1, 0.15) is 5.75 Å². The molecule has 0 saturated heterocycles. The van der Waals surface area contributed by atoms with E-state index in [1.165, 1.54) is 7.11 Å². The number of alkyl halides is 3. The highest BCUT2D eigenvalue weighted by Crippen LogP contribution is 2.29. The summed E-state index contributed by atoms with van der Waals surface area (Å²) in [7, 11) is 1.54. The van der Waals surface area contributed by atoms with E-state index in [9.17, 15) is 18.0 Å². The number of amides is 1. The van der Waals surface area contributed by atoms with Gasteiger partial charge in [-0.2, -0.15) is 13.2 Å². The highest BCUT2D eigenvalue weighted by atomic mass is 32.2. The van der Waals surface area contributed by atoms with E-state index in [2.05, 4.69) is 10.6 Å². The van der Waals surface area contributed by atoms with E-state index < -0.39 is 5.51 Å². The number of hydrogen-bond donors (Lipinski definition) is 2. The molecule has 4 nitrogen and oxygen atoms in total. The van der Waals surface area contributed by atoms with Crippen molar-refractivity contribution in [2.45, 2.75) is 5.51 Å².